The number of aryl methyl sites for hydroxylation is 1. The first-order chi connectivity index (χ1) is 12.7. The third kappa shape index (κ3) is 3.76. The Morgan fingerprint density at radius 1 is 1.15 bits per heavy atom. The SMILES string of the molecule is Cc1nnc(CN=C(NC2CC2)N2CCN(c3ncccn3)CC2)n1C. The van der Waals surface area contributed by atoms with E-state index >= 15 is 0 Å². The van der Waals surface area contributed by atoms with Crippen LogP contribution >= 0.6 is 0 Å². The van der Waals surface area contributed by atoms with Crippen molar-refractivity contribution in [2.45, 2.75) is 32.4 Å². The van der Waals surface area contributed by atoms with Crippen LogP contribution in [-0.4, -0.2) is 67.8 Å². The Morgan fingerprint density at radius 3 is 2.50 bits per heavy atom. The topological polar surface area (TPSA) is 87.4 Å². The van der Waals surface area contributed by atoms with Gasteiger partial charge in [-0.1, -0.05) is 0 Å². The van der Waals surface area contributed by atoms with E-state index in [-0.39, 0.29) is 0 Å². The molecular weight excluding hydrogens is 330 g/mol. The summed E-state index contributed by atoms with van der Waals surface area (Å²) in [7, 11) is 1.98. The summed E-state index contributed by atoms with van der Waals surface area (Å²) in [5.74, 6) is 3.56. The molecule has 1 saturated carbocycles. The fourth-order valence-electron chi connectivity index (χ4n) is 2.95. The lowest BCUT2D eigenvalue weighted by Crippen LogP contribution is -2.53. The van der Waals surface area contributed by atoms with Crippen molar-refractivity contribution in [1.82, 2.24) is 34.9 Å². The zero-order valence-corrected chi connectivity index (χ0v) is 15.3. The maximum atomic E-state index is 4.83. The van der Waals surface area contributed by atoms with Crippen LogP contribution in [0, 0.1) is 6.92 Å². The van der Waals surface area contributed by atoms with Crippen LogP contribution in [0.25, 0.3) is 0 Å². The lowest BCUT2D eigenvalue weighted by Gasteiger charge is -2.36. The van der Waals surface area contributed by atoms with Crippen LogP contribution in [0.2, 0.25) is 0 Å². The van der Waals surface area contributed by atoms with Crippen LogP contribution in [-0.2, 0) is 13.6 Å². The molecule has 0 spiro atoms. The molecule has 9 heteroatoms. The van der Waals surface area contributed by atoms with Gasteiger partial charge in [0.2, 0.25) is 5.95 Å². The normalized spacial score (nSPS) is 18.3. The summed E-state index contributed by atoms with van der Waals surface area (Å²) in [5.41, 5.74) is 0. The summed E-state index contributed by atoms with van der Waals surface area (Å²) in [6.07, 6.45) is 6.03. The highest BCUT2D eigenvalue weighted by Gasteiger charge is 2.27. The third-order valence-corrected chi connectivity index (χ3v) is 4.88. The first-order valence-corrected chi connectivity index (χ1v) is 9.13. The number of guanidine groups is 1. The van der Waals surface area contributed by atoms with E-state index in [9.17, 15) is 0 Å². The number of rotatable bonds is 4. The van der Waals surface area contributed by atoms with Gasteiger partial charge in [0.1, 0.15) is 12.4 Å². The molecule has 2 aromatic rings. The predicted octanol–water partition coefficient (Wildman–Crippen LogP) is 0.344. The highest BCUT2D eigenvalue weighted by atomic mass is 15.4. The zero-order valence-electron chi connectivity index (χ0n) is 15.3. The third-order valence-electron chi connectivity index (χ3n) is 4.88. The van der Waals surface area contributed by atoms with E-state index in [1.165, 1.54) is 12.8 Å². The largest absolute Gasteiger partial charge is 0.353 e. The molecule has 138 valence electrons. The van der Waals surface area contributed by atoms with Crippen molar-refractivity contribution in [1.29, 1.82) is 0 Å². The fraction of sp³-hybridized carbons (Fsp3) is 0.588. The van der Waals surface area contributed by atoms with Gasteiger partial charge in [-0.3, -0.25) is 0 Å². The maximum absolute atomic E-state index is 4.83. The van der Waals surface area contributed by atoms with Gasteiger partial charge in [-0.05, 0) is 25.8 Å². The second-order valence-electron chi connectivity index (χ2n) is 6.80. The summed E-state index contributed by atoms with van der Waals surface area (Å²) in [5, 5.41) is 11.9. The second kappa shape index (κ2) is 7.27. The molecule has 0 amide bonds. The molecule has 4 rings (SSSR count). The molecule has 2 aromatic heterocycles. The molecule has 0 atom stereocenters. The van der Waals surface area contributed by atoms with Crippen molar-refractivity contribution in [3.63, 3.8) is 0 Å². The quantitative estimate of drug-likeness (QED) is 0.625. The predicted molar refractivity (Wildman–Crippen MR) is 98.9 cm³/mol. The standard InChI is InChI=1S/C17H25N9/c1-13-22-23-15(24(13)2)12-20-17(21-14-4-5-14)26-10-8-25(9-11-26)16-18-6-3-7-19-16/h3,6-7,14H,4-5,8-12H2,1-2H3,(H,20,21). The Balaban J connectivity index is 1.42. The van der Waals surface area contributed by atoms with Gasteiger partial charge < -0.3 is 19.7 Å². The van der Waals surface area contributed by atoms with Gasteiger partial charge in [0.05, 0.1) is 0 Å². The van der Waals surface area contributed by atoms with Gasteiger partial charge in [0, 0.05) is 51.7 Å². The van der Waals surface area contributed by atoms with Crippen molar-refractivity contribution < 1.29 is 0 Å². The van der Waals surface area contributed by atoms with E-state index in [0.29, 0.717) is 12.6 Å². The molecule has 1 N–H and O–H groups in total. The lowest BCUT2D eigenvalue weighted by atomic mass is 10.3. The molecule has 1 aliphatic carbocycles. The molecule has 1 aliphatic heterocycles. The summed E-state index contributed by atoms with van der Waals surface area (Å²) in [6, 6.07) is 2.41. The summed E-state index contributed by atoms with van der Waals surface area (Å²) in [6.45, 7) is 6.06. The van der Waals surface area contributed by atoms with Gasteiger partial charge in [-0.25, -0.2) is 15.0 Å². The van der Waals surface area contributed by atoms with Crippen LogP contribution in [0.15, 0.2) is 23.5 Å². The van der Waals surface area contributed by atoms with Gasteiger partial charge in [-0.2, -0.15) is 0 Å². The van der Waals surface area contributed by atoms with Crippen molar-refractivity contribution in [2.24, 2.45) is 12.0 Å². The average molecular weight is 355 g/mol. The monoisotopic (exact) mass is 355 g/mol. The van der Waals surface area contributed by atoms with E-state index in [0.717, 1.165) is 49.7 Å². The van der Waals surface area contributed by atoms with Gasteiger partial charge in [0.15, 0.2) is 11.8 Å². The molecule has 3 heterocycles. The van der Waals surface area contributed by atoms with Crippen LogP contribution in [0.1, 0.15) is 24.5 Å². The molecular formula is C17H25N9. The van der Waals surface area contributed by atoms with E-state index in [4.69, 9.17) is 4.99 Å². The molecule has 2 aliphatic rings. The lowest BCUT2D eigenvalue weighted by molar-refractivity contribution is 0.368. The van der Waals surface area contributed by atoms with Crippen LogP contribution < -0.4 is 10.2 Å². The molecule has 0 unspecified atom stereocenters. The molecule has 1 saturated heterocycles. The fourth-order valence-corrected chi connectivity index (χ4v) is 2.95. The zero-order chi connectivity index (χ0) is 17.9. The highest BCUT2D eigenvalue weighted by molar-refractivity contribution is 5.80. The van der Waals surface area contributed by atoms with Gasteiger partial charge in [-0.15, -0.1) is 10.2 Å². The number of anilines is 1. The number of nitrogens with zero attached hydrogens (tertiary/aromatic N) is 8. The van der Waals surface area contributed by atoms with Gasteiger partial charge >= 0.3 is 0 Å². The Hall–Kier alpha value is -2.71. The average Bonchev–Trinajstić information content (AvgIpc) is 3.45. The molecule has 0 radical (unpaired) electrons. The van der Waals surface area contributed by atoms with Crippen LogP contribution in [0.5, 0.6) is 0 Å². The second-order valence-corrected chi connectivity index (χ2v) is 6.80. The Bertz CT molecular complexity index is 758. The molecule has 9 nitrogen and oxygen atoms in total. The number of hydrogen-bond acceptors (Lipinski definition) is 6. The van der Waals surface area contributed by atoms with E-state index in [1.54, 1.807) is 12.4 Å². The smallest absolute Gasteiger partial charge is 0.225 e. The van der Waals surface area contributed by atoms with Crippen molar-refractivity contribution in [3.05, 3.63) is 30.1 Å². The summed E-state index contributed by atoms with van der Waals surface area (Å²) < 4.78 is 1.99. The Labute approximate surface area is 153 Å². The molecule has 26 heavy (non-hydrogen) atoms. The van der Waals surface area contributed by atoms with Crippen LogP contribution in [0.3, 0.4) is 0 Å². The highest BCUT2D eigenvalue weighted by Crippen LogP contribution is 2.20. The number of nitrogens with one attached hydrogen (secondary N) is 1. The number of hydrogen-bond donors (Lipinski definition) is 1. The van der Waals surface area contributed by atoms with Crippen molar-refractivity contribution >= 4 is 11.9 Å². The summed E-state index contributed by atoms with van der Waals surface area (Å²) >= 11 is 0. The van der Waals surface area contributed by atoms with E-state index < -0.39 is 0 Å². The molecule has 2 fully saturated rings. The number of aliphatic imine (C=N–C) groups is 1. The first kappa shape index (κ1) is 16.7. The van der Waals surface area contributed by atoms with Crippen molar-refractivity contribution in [3.8, 4) is 0 Å². The van der Waals surface area contributed by atoms with Gasteiger partial charge in [0.25, 0.3) is 0 Å². The minimum absolute atomic E-state index is 0.536. The minimum atomic E-state index is 0.536. The van der Waals surface area contributed by atoms with Crippen molar-refractivity contribution in [2.75, 3.05) is 31.1 Å². The maximum Gasteiger partial charge on any atom is 0.225 e. The minimum Gasteiger partial charge on any atom is -0.353 e. The molecule has 0 aromatic carbocycles. The van der Waals surface area contributed by atoms with E-state index in [2.05, 4.69) is 35.3 Å². The van der Waals surface area contributed by atoms with E-state index in [1.807, 2.05) is 24.6 Å². The van der Waals surface area contributed by atoms with Crippen LogP contribution in [0.4, 0.5) is 5.95 Å². The Morgan fingerprint density at radius 2 is 1.88 bits per heavy atom. The summed E-state index contributed by atoms with van der Waals surface area (Å²) in [4.78, 5) is 18.1. The molecule has 0 bridgehead atoms. The Kier molecular flexibility index (Phi) is 4.68. The first-order valence-electron chi connectivity index (χ1n) is 9.13. The number of aromatic nitrogens is 5. The number of piperazine rings is 1.